The number of carbonyl (C=O) groups excluding carboxylic acids is 1. The van der Waals surface area contributed by atoms with E-state index in [1.807, 2.05) is 31.2 Å². The van der Waals surface area contributed by atoms with Crippen LogP contribution in [0.25, 0.3) is 0 Å². The smallest absolute Gasteiger partial charge is 0.241 e. The van der Waals surface area contributed by atoms with Crippen LogP contribution in [0.4, 0.5) is 5.69 Å². The van der Waals surface area contributed by atoms with Crippen LogP contribution in [0.2, 0.25) is 0 Å². The monoisotopic (exact) mass is 222 g/mol. The molecule has 0 saturated heterocycles. The van der Waals surface area contributed by atoms with Gasteiger partial charge in [0, 0.05) is 12.8 Å². The number of anilines is 1. The Balaban J connectivity index is 2.66. The summed E-state index contributed by atoms with van der Waals surface area (Å²) in [5.74, 6) is -0.155. The van der Waals surface area contributed by atoms with Gasteiger partial charge in [-0.15, -0.1) is 0 Å². The lowest BCUT2D eigenvalue weighted by Crippen LogP contribution is -2.34. The van der Waals surface area contributed by atoms with Gasteiger partial charge in [0.05, 0.1) is 12.6 Å². The minimum Gasteiger partial charge on any atom is -0.380 e. The van der Waals surface area contributed by atoms with Crippen LogP contribution >= 0.6 is 0 Å². The number of nitrogens with two attached hydrogens (primary N) is 1. The van der Waals surface area contributed by atoms with Crippen molar-refractivity contribution in [3.05, 3.63) is 29.8 Å². The fraction of sp³-hybridized carbons (Fsp3) is 0.417. The molecule has 0 fully saturated rings. The number of ether oxygens (including phenoxy) is 1. The van der Waals surface area contributed by atoms with Crippen molar-refractivity contribution in [2.45, 2.75) is 26.0 Å². The van der Waals surface area contributed by atoms with Crippen molar-refractivity contribution in [3.8, 4) is 0 Å². The van der Waals surface area contributed by atoms with Gasteiger partial charge in [0.25, 0.3) is 0 Å². The Morgan fingerprint density at radius 3 is 2.94 bits per heavy atom. The lowest BCUT2D eigenvalue weighted by Gasteiger charge is -2.10. The van der Waals surface area contributed by atoms with Crippen molar-refractivity contribution in [1.29, 1.82) is 0 Å². The minimum atomic E-state index is -0.453. The van der Waals surface area contributed by atoms with E-state index >= 15 is 0 Å². The van der Waals surface area contributed by atoms with Gasteiger partial charge in [-0.3, -0.25) is 4.79 Å². The Hall–Kier alpha value is -1.39. The molecule has 1 aromatic rings. The first-order valence-electron chi connectivity index (χ1n) is 5.31. The van der Waals surface area contributed by atoms with Crippen molar-refractivity contribution in [2.75, 3.05) is 12.4 Å². The standard InChI is InChI=1S/C12H18N2O2/c1-3-11(13)12(15)14-10-6-4-5-9(7-10)8-16-2/h4-7,11H,3,8,13H2,1-2H3,(H,14,15)/t11-/m0/s1. The second kappa shape index (κ2) is 6.25. The number of hydrogen-bond acceptors (Lipinski definition) is 3. The molecule has 4 nitrogen and oxygen atoms in total. The number of carbonyl (C=O) groups is 1. The maximum absolute atomic E-state index is 11.5. The van der Waals surface area contributed by atoms with Gasteiger partial charge in [0.1, 0.15) is 0 Å². The maximum atomic E-state index is 11.5. The van der Waals surface area contributed by atoms with Crippen LogP contribution in [-0.2, 0) is 16.1 Å². The van der Waals surface area contributed by atoms with E-state index in [0.29, 0.717) is 13.0 Å². The molecule has 0 aromatic heterocycles. The molecule has 88 valence electrons. The van der Waals surface area contributed by atoms with Gasteiger partial charge >= 0.3 is 0 Å². The predicted molar refractivity (Wildman–Crippen MR) is 64.1 cm³/mol. The molecule has 4 heteroatoms. The molecule has 0 unspecified atom stereocenters. The Bertz CT molecular complexity index is 353. The molecule has 0 aliphatic carbocycles. The van der Waals surface area contributed by atoms with Crippen molar-refractivity contribution in [2.24, 2.45) is 5.73 Å². The first-order valence-corrected chi connectivity index (χ1v) is 5.31. The summed E-state index contributed by atoms with van der Waals surface area (Å²) in [5.41, 5.74) is 7.40. The average molecular weight is 222 g/mol. The minimum absolute atomic E-state index is 0.155. The van der Waals surface area contributed by atoms with E-state index < -0.39 is 6.04 Å². The zero-order chi connectivity index (χ0) is 12.0. The van der Waals surface area contributed by atoms with Gasteiger partial charge in [-0.2, -0.15) is 0 Å². The fourth-order valence-electron chi connectivity index (χ4n) is 1.33. The zero-order valence-electron chi connectivity index (χ0n) is 9.69. The third kappa shape index (κ3) is 3.64. The number of nitrogens with one attached hydrogen (secondary N) is 1. The van der Waals surface area contributed by atoms with E-state index in [1.165, 1.54) is 0 Å². The quantitative estimate of drug-likeness (QED) is 0.793. The molecular formula is C12H18N2O2. The molecular weight excluding hydrogens is 204 g/mol. The second-order valence-electron chi connectivity index (χ2n) is 3.64. The van der Waals surface area contributed by atoms with Gasteiger partial charge < -0.3 is 15.8 Å². The van der Waals surface area contributed by atoms with Crippen LogP contribution in [0.1, 0.15) is 18.9 Å². The molecule has 0 aliphatic heterocycles. The third-order valence-electron chi connectivity index (χ3n) is 2.28. The predicted octanol–water partition coefficient (Wildman–Crippen LogP) is 1.51. The number of benzene rings is 1. The van der Waals surface area contributed by atoms with Gasteiger partial charge in [-0.1, -0.05) is 19.1 Å². The van der Waals surface area contributed by atoms with E-state index in [0.717, 1.165) is 11.3 Å². The highest BCUT2D eigenvalue weighted by Gasteiger charge is 2.10. The maximum Gasteiger partial charge on any atom is 0.241 e. The molecule has 0 spiro atoms. The molecule has 1 aromatic carbocycles. The number of hydrogen-bond donors (Lipinski definition) is 2. The second-order valence-corrected chi connectivity index (χ2v) is 3.64. The highest BCUT2D eigenvalue weighted by atomic mass is 16.5. The van der Waals surface area contributed by atoms with E-state index in [9.17, 15) is 4.79 Å². The summed E-state index contributed by atoms with van der Waals surface area (Å²) in [6, 6.07) is 7.08. The van der Waals surface area contributed by atoms with Crippen LogP contribution < -0.4 is 11.1 Å². The van der Waals surface area contributed by atoms with E-state index in [1.54, 1.807) is 7.11 Å². The normalized spacial score (nSPS) is 12.2. The SMILES string of the molecule is CC[C@H](N)C(=O)Nc1cccc(COC)c1. The Kier molecular flexibility index (Phi) is 4.95. The van der Waals surface area contributed by atoms with E-state index in [4.69, 9.17) is 10.5 Å². The van der Waals surface area contributed by atoms with Crippen LogP contribution in [-0.4, -0.2) is 19.1 Å². The number of methoxy groups -OCH3 is 1. The Morgan fingerprint density at radius 1 is 1.56 bits per heavy atom. The van der Waals surface area contributed by atoms with Crippen LogP contribution in [0.15, 0.2) is 24.3 Å². The topological polar surface area (TPSA) is 64.4 Å². The molecule has 1 rings (SSSR count). The largest absolute Gasteiger partial charge is 0.380 e. The van der Waals surface area contributed by atoms with Crippen LogP contribution in [0.3, 0.4) is 0 Å². The highest BCUT2D eigenvalue weighted by Crippen LogP contribution is 2.11. The molecule has 16 heavy (non-hydrogen) atoms. The summed E-state index contributed by atoms with van der Waals surface area (Å²) in [7, 11) is 1.64. The average Bonchev–Trinajstić information content (AvgIpc) is 2.29. The molecule has 0 bridgehead atoms. The van der Waals surface area contributed by atoms with Gasteiger partial charge in [-0.05, 0) is 24.1 Å². The third-order valence-corrected chi connectivity index (χ3v) is 2.28. The fourth-order valence-corrected chi connectivity index (χ4v) is 1.33. The first kappa shape index (κ1) is 12.7. The summed E-state index contributed by atoms with van der Waals surface area (Å²) < 4.78 is 5.02. The number of amides is 1. The van der Waals surface area contributed by atoms with Crippen molar-refractivity contribution in [3.63, 3.8) is 0 Å². The molecule has 0 saturated carbocycles. The van der Waals surface area contributed by atoms with E-state index in [2.05, 4.69) is 5.32 Å². The molecule has 3 N–H and O–H groups in total. The summed E-state index contributed by atoms with van der Waals surface area (Å²) in [6.07, 6.45) is 0.629. The Labute approximate surface area is 95.8 Å². The first-order chi connectivity index (χ1) is 7.67. The van der Waals surface area contributed by atoms with Crippen molar-refractivity contribution < 1.29 is 9.53 Å². The van der Waals surface area contributed by atoms with Gasteiger partial charge in [-0.25, -0.2) is 0 Å². The van der Waals surface area contributed by atoms with Crippen molar-refractivity contribution >= 4 is 11.6 Å². The zero-order valence-corrected chi connectivity index (χ0v) is 9.69. The number of rotatable bonds is 5. The summed E-state index contributed by atoms with van der Waals surface area (Å²) in [4.78, 5) is 11.5. The highest BCUT2D eigenvalue weighted by molar-refractivity contribution is 5.94. The molecule has 1 atom stereocenters. The summed E-state index contributed by atoms with van der Waals surface area (Å²) in [6.45, 7) is 2.41. The van der Waals surface area contributed by atoms with Gasteiger partial charge in [0.2, 0.25) is 5.91 Å². The Morgan fingerprint density at radius 2 is 2.31 bits per heavy atom. The molecule has 1 amide bonds. The molecule has 0 radical (unpaired) electrons. The summed E-state index contributed by atoms with van der Waals surface area (Å²) >= 11 is 0. The van der Waals surface area contributed by atoms with Crippen LogP contribution in [0, 0.1) is 0 Å². The summed E-state index contributed by atoms with van der Waals surface area (Å²) in [5, 5.41) is 2.77. The molecule has 0 heterocycles. The van der Waals surface area contributed by atoms with Crippen molar-refractivity contribution in [1.82, 2.24) is 0 Å². The van der Waals surface area contributed by atoms with Gasteiger partial charge in [0.15, 0.2) is 0 Å². The molecule has 0 aliphatic rings. The lowest BCUT2D eigenvalue weighted by atomic mass is 10.2. The van der Waals surface area contributed by atoms with Crippen LogP contribution in [0.5, 0.6) is 0 Å². The van der Waals surface area contributed by atoms with E-state index in [-0.39, 0.29) is 5.91 Å². The lowest BCUT2D eigenvalue weighted by molar-refractivity contribution is -0.117.